The molecule has 0 amide bonds. The zero-order chi connectivity index (χ0) is 24.1. The highest BCUT2D eigenvalue weighted by Crippen LogP contribution is 2.19. The summed E-state index contributed by atoms with van der Waals surface area (Å²) < 4.78 is 13.1. The molecule has 0 saturated carbocycles. The van der Waals surface area contributed by atoms with Gasteiger partial charge in [0, 0.05) is 17.8 Å². The zero-order valence-corrected chi connectivity index (χ0v) is 18.5. The van der Waals surface area contributed by atoms with Crippen LogP contribution in [0.1, 0.15) is 49.5 Å². The summed E-state index contributed by atoms with van der Waals surface area (Å²) in [4.78, 5) is 37.7. The average Bonchev–Trinajstić information content (AvgIpc) is 2.77. The van der Waals surface area contributed by atoms with E-state index in [0.717, 1.165) is 32.5 Å². The van der Waals surface area contributed by atoms with Crippen LogP contribution in [0.5, 0.6) is 0 Å². The molecule has 1 aromatic heterocycles. The molecule has 1 atom stereocenters. The number of anilines is 1. The van der Waals surface area contributed by atoms with Gasteiger partial charge in [-0.3, -0.25) is 4.79 Å². The van der Waals surface area contributed by atoms with Crippen molar-refractivity contribution in [3.05, 3.63) is 59.5 Å². The number of rotatable bonds is 10. The number of halogens is 1. The van der Waals surface area contributed by atoms with E-state index in [0.29, 0.717) is 16.9 Å². The third kappa shape index (κ3) is 9.22. The normalized spacial score (nSPS) is 11.3. The molecule has 9 heteroatoms. The molecule has 1 unspecified atom stereocenters. The van der Waals surface area contributed by atoms with E-state index in [1.54, 1.807) is 18.3 Å². The summed E-state index contributed by atoms with van der Waals surface area (Å²) in [6.45, 7) is 9.65. The number of nitrogens with one attached hydrogen (secondary N) is 1. The minimum absolute atomic E-state index is 0.157. The highest BCUT2D eigenvalue weighted by atomic mass is 19.1. The largest absolute Gasteiger partial charge is 0.473 e. The second-order valence-electron chi connectivity index (χ2n) is 7.06. The summed E-state index contributed by atoms with van der Waals surface area (Å²) in [7, 11) is 0. The van der Waals surface area contributed by atoms with Gasteiger partial charge in [-0.2, -0.15) is 0 Å². The summed E-state index contributed by atoms with van der Waals surface area (Å²) in [6, 6.07) is 9.31. The number of carbonyl (C=O) groups is 3. The molecule has 3 N–H and O–H groups in total. The molecule has 0 aliphatic carbocycles. The summed E-state index contributed by atoms with van der Waals surface area (Å²) >= 11 is 0. The first kappa shape index (κ1) is 26.7. The van der Waals surface area contributed by atoms with Gasteiger partial charge in [-0.05, 0) is 75.8 Å². The highest BCUT2D eigenvalue weighted by Gasteiger charge is 2.16. The van der Waals surface area contributed by atoms with E-state index in [2.05, 4.69) is 36.0 Å². The molecule has 0 radical (unpaired) electrons. The predicted octanol–water partition coefficient (Wildman–Crippen LogP) is 3.53. The third-order valence-electron chi connectivity index (χ3n) is 4.73. The molecule has 1 heterocycles. The summed E-state index contributed by atoms with van der Waals surface area (Å²) in [5.74, 6) is -3.58. The lowest BCUT2D eigenvalue weighted by atomic mass is 10.0. The molecule has 8 nitrogen and oxygen atoms in total. The molecule has 0 fully saturated rings. The van der Waals surface area contributed by atoms with Gasteiger partial charge in [0.25, 0.3) is 0 Å². The van der Waals surface area contributed by atoms with Crippen molar-refractivity contribution in [1.29, 1.82) is 0 Å². The van der Waals surface area contributed by atoms with Gasteiger partial charge in [-0.15, -0.1) is 0 Å². The van der Waals surface area contributed by atoms with Crippen LogP contribution in [0.3, 0.4) is 0 Å². The van der Waals surface area contributed by atoms with Crippen molar-refractivity contribution >= 4 is 23.5 Å². The zero-order valence-electron chi connectivity index (χ0n) is 18.5. The Labute approximate surface area is 187 Å². The van der Waals surface area contributed by atoms with E-state index >= 15 is 0 Å². The van der Waals surface area contributed by atoms with Crippen LogP contribution in [0.25, 0.3) is 0 Å². The number of carboxylic acids is 2. The van der Waals surface area contributed by atoms with E-state index in [4.69, 9.17) is 19.8 Å². The van der Waals surface area contributed by atoms with Crippen molar-refractivity contribution in [2.75, 3.05) is 25.0 Å². The standard InChI is InChI=1S/C21H28FN3O.C2H2O4/c1-4-25(5-2)15-7-8-16(3)24-21-19(9-6-14-23-21)20(26)17-10-12-18(22)13-11-17;3-1(4)2(5)6/h6,9-14,16H,4-5,7-8,15H2,1-3H3,(H,23,24);(H,3,4)(H,5,6). The van der Waals surface area contributed by atoms with Crippen LogP contribution in [0.15, 0.2) is 42.6 Å². The first-order valence-corrected chi connectivity index (χ1v) is 10.4. The maximum absolute atomic E-state index is 13.1. The first-order valence-electron chi connectivity index (χ1n) is 10.4. The molecule has 32 heavy (non-hydrogen) atoms. The molecule has 2 rings (SSSR count). The van der Waals surface area contributed by atoms with Crippen molar-refractivity contribution in [3.63, 3.8) is 0 Å². The lowest BCUT2D eigenvalue weighted by Crippen LogP contribution is -2.26. The van der Waals surface area contributed by atoms with E-state index in [9.17, 15) is 9.18 Å². The fourth-order valence-corrected chi connectivity index (χ4v) is 2.93. The van der Waals surface area contributed by atoms with Gasteiger partial charge < -0.3 is 20.4 Å². The number of aliphatic carboxylic acids is 2. The van der Waals surface area contributed by atoms with Crippen LogP contribution in [0, 0.1) is 5.82 Å². The van der Waals surface area contributed by atoms with Crippen molar-refractivity contribution < 1.29 is 29.0 Å². The number of carbonyl (C=O) groups excluding carboxylic acids is 1. The fraction of sp³-hybridized carbons (Fsp3) is 0.391. The molecule has 2 aromatic rings. The van der Waals surface area contributed by atoms with E-state index in [1.807, 2.05) is 0 Å². The highest BCUT2D eigenvalue weighted by molar-refractivity contribution is 6.27. The monoisotopic (exact) mass is 447 g/mol. The Morgan fingerprint density at radius 1 is 1.06 bits per heavy atom. The molecule has 0 aliphatic heterocycles. The Balaban J connectivity index is 0.000000751. The molecule has 0 saturated heterocycles. The van der Waals surface area contributed by atoms with Gasteiger partial charge in [-0.25, -0.2) is 19.0 Å². The van der Waals surface area contributed by atoms with Gasteiger partial charge in [-0.1, -0.05) is 13.8 Å². The Morgan fingerprint density at radius 3 is 2.19 bits per heavy atom. The maximum atomic E-state index is 13.1. The van der Waals surface area contributed by atoms with Crippen molar-refractivity contribution in [2.45, 2.75) is 39.7 Å². The molecule has 0 spiro atoms. The molecule has 0 bridgehead atoms. The smallest absolute Gasteiger partial charge is 0.414 e. The van der Waals surface area contributed by atoms with Crippen LogP contribution in [-0.4, -0.2) is 63.5 Å². The number of carboxylic acid groups (broad SMARTS) is 2. The van der Waals surface area contributed by atoms with Crippen LogP contribution in [-0.2, 0) is 9.59 Å². The van der Waals surface area contributed by atoms with Gasteiger partial charge in [0.05, 0.1) is 5.56 Å². The van der Waals surface area contributed by atoms with Gasteiger partial charge in [0.1, 0.15) is 11.6 Å². The number of ketones is 1. The summed E-state index contributed by atoms with van der Waals surface area (Å²) in [6.07, 6.45) is 3.76. The number of nitrogens with zero attached hydrogens (tertiary/aromatic N) is 2. The van der Waals surface area contributed by atoms with Crippen LogP contribution in [0.4, 0.5) is 10.2 Å². The van der Waals surface area contributed by atoms with Crippen molar-refractivity contribution in [2.24, 2.45) is 0 Å². The van der Waals surface area contributed by atoms with Crippen LogP contribution < -0.4 is 5.32 Å². The molecule has 174 valence electrons. The molecular weight excluding hydrogens is 417 g/mol. The van der Waals surface area contributed by atoms with Crippen molar-refractivity contribution in [1.82, 2.24) is 9.88 Å². The molecule has 0 aliphatic rings. The van der Waals surface area contributed by atoms with Crippen LogP contribution in [0.2, 0.25) is 0 Å². The SMILES string of the molecule is CCN(CC)CCCC(C)Nc1ncccc1C(=O)c1ccc(F)cc1.O=C(O)C(=O)O. The summed E-state index contributed by atoms with van der Waals surface area (Å²) in [5, 5.41) is 18.1. The second-order valence-corrected chi connectivity index (χ2v) is 7.06. The van der Waals surface area contributed by atoms with Gasteiger partial charge in [0.2, 0.25) is 0 Å². The fourth-order valence-electron chi connectivity index (χ4n) is 2.93. The number of hydrogen-bond donors (Lipinski definition) is 3. The number of pyridine rings is 1. The Hall–Kier alpha value is -3.33. The first-order chi connectivity index (χ1) is 15.2. The second kappa shape index (κ2) is 13.9. The maximum Gasteiger partial charge on any atom is 0.414 e. The Bertz CT molecular complexity index is 873. The molecule has 1 aromatic carbocycles. The quantitative estimate of drug-likeness (QED) is 0.374. The average molecular weight is 448 g/mol. The number of aromatic nitrogens is 1. The Morgan fingerprint density at radius 2 is 1.66 bits per heavy atom. The third-order valence-corrected chi connectivity index (χ3v) is 4.73. The molecular formula is C23H30FN3O5. The van der Waals surface area contributed by atoms with E-state index in [1.165, 1.54) is 24.3 Å². The van der Waals surface area contributed by atoms with Crippen molar-refractivity contribution in [3.8, 4) is 0 Å². The topological polar surface area (TPSA) is 120 Å². The van der Waals surface area contributed by atoms with E-state index < -0.39 is 11.9 Å². The van der Waals surface area contributed by atoms with E-state index in [-0.39, 0.29) is 17.6 Å². The predicted molar refractivity (Wildman–Crippen MR) is 119 cm³/mol. The van der Waals surface area contributed by atoms with Crippen LogP contribution >= 0.6 is 0 Å². The summed E-state index contributed by atoms with van der Waals surface area (Å²) in [5.41, 5.74) is 0.964. The number of hydrogen-bond acceptors (Lipinski definition) is 6. The Kier molecular flexibility index (Phi) is 11.6. The lowest BCUT2D eigenvalue weighted by Gasteiger charge is -2.20. The minimum atomic E-state index is -1.82. The number of benzene rings is 1. The van der Waals surface area contributed by atoms with Gasteiger partial charge in [0.15, 0.2) is 5.78 Å². The lowest BCUT2D eigenvalue weighted by molar-refractivity contribution is -0.159. The van der Waals surface area contributed by atoms with Gasteiger partial charge >= 0.3 is 11.9 Å². The minimum Gasteiger partial charge on any atom is -0.473 e.